The van der Waals surface area contributed by atoms with Crippen molar-refractivity contribution in [2.24, 2.45) is 10.8 Å². The number of aliphatic carboxylic acids is 1. The highest BCUT2D eigenvalue weighted by Gasteiger charge is 2.43. The third-order valence-corrected chi connectivity index (χ3v) is 10.0. The zero-order valence-corrected chi connectivity index (χ0v) is 28.0. The maximum atomic E-state index is 13.1. The van der Waals surface area contributed by atoms with Gasteiger partial charge in [0.25, 0.3) is 5.91 Å². The number of hydrogen-bond donors (Lipinski definition) is 3. The van der Waals surface area contributed by atoms with Gasteiger partial charge in [0, 0.05) is 37.7 Å². The second kappa shape index (κ2) is 13.2. The molecule has 0 radical (unpaired) electrons. The number of hydrogen-bond acceptors (Lipinski definition) is 6. The van der Waals surface area contributed by atoms with E-state index in [1.54, 1.807) is 11.9 Å². The lowest BCUT2D eigenvalue weighted by Crippen LogP contribution is -2.49. The van der Waals surface area contributed by atoms with Crippen molar-refractivity contribution >= 4 is 40.1 Å². The van der Waals surface area contributed by atoms with E-state index in [0.717, 1.165) is 29.5 Å². The minimum Gasteiger partial charge on any atom is -0.481 e. The van der Waals surface area contributed by atoms with Crippen LogP contribution < -0.4 is 5.32 Å². The van der Waals surface area contributed by atoms with E-state index in [4.69, 9.17) is 9.40 Å². The molecule has 3 aromatic rings. The Kier molecular flexibility index (Phi) is 9.72. The number of piperidine rings is 1. The first-order valence-electron chi connectivity index (χ1n) is 15.9. The summed E-state index contributed by atoms with van der Waals surface area (Å²) in [6, 6.07) is 9.63. The highest BCUT2D eigenvalue weighted by Crippen LogP contribution is 2.44. The summed E-state index contributed by atoms with van der Waals surface area (Å²) in [6.45, 7) is 8.54. The molecular weight excluding hydrogens is 608 g/mol. The molecule has 3 N–H and O–H groups in total. The first kappa shape index (κ1) is 33.7. The van der Waals surface area contributed by atoms with E-state index in [1.807, 2.05) is 58.0 Å². The Morgan fingerprint density at radius 3 is 2.35 bits per heavy atom. The van der Waals surface area contributed by atoms with Crippen LogP contribution >= 0.6 is 0 Å². The minimum atomic E-state index is -2.33. The molecule has 1 saturated carbocycles. The summed E-state index contributed by atoms with van der Waals surface area (Å²) < 4.78 is 30.4. The summed E-state index contributed by atoms with van der Waals surface area (Å²) in [5, 5.41) is 13.5. The third kappa shape index (κ3) is 7.03. The Balaban J connectivity index is 1.37. The van der Waals surface area contributed by atoms with Crippen LogP contribution in [0.1, 0.15) is 92.4 Å². The van der Waals surface area contributed by atoms with E-state index in [-0.39, 0.29) is 36.5 Å². The number of carbonyl (C=O) groups excluding carboxylic acids is 2. The number of carboxylic acid groups (broad SMARTS) is 1. The standard InChI is InChI=1S/C34H44N4O7S/c1-21-7-9-23(10-8-21)28-27(29(39)35-5)25-19-24(22-11-12-22)26(36-30(25)45-28)20-38(46(43)44)16-6-13-34(32(41)42)14-17-37(18-15-34)31(40)33(2,3)4/h7-10,19,22H,6,11-18,20H2,1-5H3,(H,35,39)(H,41,42)(H,43,44). The van der Waals surface area contributed by atoms with E-state index in [1.165, 1.54) is 4.31 Å². The monoisotopic (exact) mass is 652 g/mol. The summed E-state index contributed by atoms with van der Waals surface area (Å²) in [7, 11) is 1.57. The molecule has 248 valence electrons. The topological polar surface area (TPSA) is 153 Å². The molecule has 11 nitrogen and oxygen atoms in total. The fraction of sp³-hybridized carbons (Fsp3) is 0.529. The van der Waals surface area contributed by atoms with Gasteiger partial charge in [-0.05, 0) is 63.0 Å². The molecule has 1 aliphatic heterocycles. The molecule has 1 unspecified atom stereocenters. The molecule has 0 bridgehead atoms. The van der Waals surface area contributed by atoms with Gasteiger partial charge in [-0.1, -0.05) is 50.6 Å². The van der Waals surface area contributed by atoms with Gasteiger partial charge in [0.2, 0.25) is 22.9 Å². The van der Waals surface area contributed by atoms with Crippen molar-refractivity contribution in [3.8, 4) is 11.3 Å². The average molecular weight is 653 g/mol. The quantitative estimate of drug-likeness (QED) is 0.230. The molecule has 1 saturated heterocycles. The fourth-order valence-corrected chi connectivity index (χ4v) is 6.88. The van der Waals surface area contributed by atoms with E-state index in [9.17, 15) is 28.3 Å². The van der Waals surface area contributed by atoms with E-state index in [0.29, 0.717) is 61.2 Å². The number of pyridine rings is 1. The lowest BCUT2D eigenvalue weighted by Gasteiger charge is -2.41. The number of fused-ring (bicyclic) bond motifs is 1. The smallest absolute Gasteiger partial charge is 0.309 e. The number of furan rings is 1. The molecule has 1 aromatic carbocycles. The molecule has 1 atom stereocenters. The Hall–Kier alpha value is -3.61. The summed E-state index contributed by atoms with van der Waals surface area (Å²) >= 11 is -2.33. The number of aryl methyl sites for hydroxylation is 1. The Morgan fingerprint density at radius 1 is 1.15 bits per heavy atom. The zero-order valence-electron chi connectivity index (χ0n) is 27.2. The molecule has 3 heterocycles. The molecule has 2 aliphatic rings. The van der Waals surface area contributed by atoms with Gasteiger partial charge >= 0.3 is 5.97 Å². The maximum Gasteiger partial charge on any atom is 0.309 e. The van der Waals surface area contributed by atoms with Gasteiger partial charge in [-0.3, -0.25) is 18.9 Å². The SMILES string of the molecule is CNC(=O)c1c(-c2ccc(C)cc2)oc2nc(CN(CCCC3(C(=O)O)CCN(C(=O)C(C)(C)C)CC3)S(=O)O)c(C3CC3)cc12. The molecule has 2 amide bonds. The number of nitrogens with one attached hydrogen (secondary N) is 1. The van der Waals surface area contributed by atoms with Crippen LogP contribution in [0.4, 0.5) is 0 Å². The van der Waals surface area contributed by atoms with Crippen LogP contribution in [0.2, 0.25) is 0 Å². The first-order valence-corrected chi connectivity index (χ1v) is 16.9. The summed E-state index contributed by atoms with van der Waals surface area (Å²) in [6.07, 6.45) is 3.29. The van der Waals surface area contributed by atoms with Gasteiger partial charge in [0.1, 0.15) is 5.76 Å². The number of carboxylic acids is 1. The van der Waals surface area contributed by atoms with Gasteiger partial charge in [-0.25, -0.2) is 9.19 Å². The lowest BCUT2D eigenvalue weighted by molar-refractivity contribution is -0.156. The van der Waals surface area contributed by atoms with Gasteiger partial charge in [0.05, 0.1) is 28.6 Å². The first-order chi connectivity index (χ1) is 21.7. The number of amides is 2. The second-order valence-corrected chi connectivity index (χ2v) is 14.7. The predicted molar refractivity (Wildman–Crippen MR) is 175 cm³/mol. The van der Waals surface area contributed by atoms with E-state index >= 15 is 0 Å². The van der Waals surface area contributed by atoms with Crippen molar-refractivity contribution in [1.29, 1.82) is 0 Å². The van der Waals surface area contributed by atoms with Crippen LogP contribution in [0.25, 0.3) is 22.4 Å². The predicted octanol–water partition coefficient (Wildman–Crippen LogP) is 5.50. The number of likely N-dealkylation sites (tertiary alicyclic amines) is 1. The highest BCUT2D eigenvalue weighted by molar-refractivity contribution is 7.76. The molecule has 1 aliphatic carbocycles. The Bertz CT molecular complexity index is 1650. The van der Waals surface area contributed by atoms with Crippen molar-refractivity contribution in [2.75, 3.05) is 26.7 Å². The zero-order chi connectivity index (χ0) is 33.4. The van der Waals surface area contributed by atoms with Crippen LogP contribution in [0.15, 0.2) is 34.7 Å². The molecule has 2 aromatic heterocycles. The molecule has 2 fully saturated rings. The van der Waals surface area contributed by atoms with Gasteiger partial charge in [-0.2, -0.15) is 4.31 Å². The van der Waals surface area contributed by atoms with Crippen LogP contribution in [0, 0.1) is 17.8 Å². The molecule has 12 heteroatoms. The van der Waals surface area contributed by atoms with Gasteiger partial charge in [-0.15, -0.1) is 0 Å². The normalized spacial score (nSPS) is 17.3. The van der Waals surface area contributed by atoms with Crippen molar-refractivity contribution < 1.29 is 32.7 Å². The van der Waals surface area contributed by atoms with Crippen LogP contribution in [0.3, 0.4) is 0 Å². The van der Waals surface area contributed by atoms with Crippen molar-refractivity contribution in [1.82, 2.24) is 19.5 Å². The van der Waals surface area contributed by atoms with Gasteiger partial charge in [0.15, 0.2) is 0 Å². The molecule has 0 spiro atoms. The van der Waals surface area contributed by atoms with Crippen LogP contribution in [-0.2, 0) is 27.4 Å². The number of nitrogens with zero attached hydrogens (tertiary/aromatic N) is 3. The van der Waals surface area contributed by atoms with Gasteiger partial charge < -0.3 is 19.7 Å². The molecule has 46 heavy (non-hydrogen) atoms. The minimum absolute atomic E-state index is 0.00858. The Morgan fingerprint density at radius 2 is 1.80 bits per heavy atom. The maximum absolute atomic E-state index is 13.1. The fourth-order valence-electron chi connectivity index (χ4n) is 6.36. The summed E-state index contributed by atoms with van der Waals surface area (Å²) in [4.78, 5) is 44.8. The number of aromatic nitrogens is 1. The molecule has 5 rings (SSSR count). The second-order valence-electron chi connectivity index (χ2n) is 13.7. The number of benzene rings is 1. The largest absolute Gasteiger partial charge is 0.481 e. The van der Waals surface area contributed by atoms with Crippen molar-refractivity contribution in [2.45, 2.75) is 78.7 Å². The molecular formula is C34H44N4O7S. The summed E-state index contributed by atoms with van der Waals surface area (Å²) in [5.74, 6) is -0.534. The van der Waals surface area contributed by atoms with Crippen molar-refractivity contribution in [3.63, 3.8) is 0 Å². The van der Waals surface area contributed by atoms with E-state index < -0.39 is 28.1 Å². The van der Waals surface area contributed by atoms with Crippen LogP contribution in [0.5, 0.6) is 0 Å². The highest BCUT2D eigenvalue weighted by atomic mass is 32.2. The number of rotatable bonds is 11. The van der Waals surface area contributed by atoms with E-state index in [2.05, 4.69) is 5.32 Å². The average Bonchev–Trinajstić information content (AvgIpc) is 3.79. The number of carbonyl (C=O) groups is 3. The van der Waals surface area contributed by atoms with Crippen LogP contribution in [-0.4, -0.2) is 72.5 Å². The Labute approximate surface area is 272 Å². The van der Waals surface area contributed by atoms with Crippen molar-refractivity contribution in [3.05, 3.63) is 52.7 Å². The third-order valence-electron chi connectivity index (χ3n) is 9.29. The summed E-state index contributed by atoms with van der Waals surface area (Å²) in [5.41, 5.74) is 2.49. The lowest BCUT2D eigenvalue weighted by atomic mass is 9.74.